The Kier molecular flexibility index (Phi) is 7.43. The van der Waals surface area contributed by atoms with E-state index in [2.05, 4.69) is 45.8 Å². The van der Waals surface area contributed by atoms with E-state index in [1.165, 1.54) is 29.2 Å². The normalized spacial score (nSPS) is 14.8. The third-order valence-electron chi connectivity index (χ3n) is 6.59. The summed E-state index contributed by atoms with van der Waals surface area (Å²) in [5, 5.41) is 20.3. The number of nitrogens with one attached hydrogen (secondary N) is 1. The summed E-state index contributed by atoms with van der Waals surface area (Å²) in [6.45, 7) is 0. The summed E-state index contributed by atoms with van der Waals surface area (Å²) in [7, 11) is 1.63. The zero-order valence-electron chi connectivity index (χ0n) is 21.5. The van der Waals surface area contributed by atoms with Gasteiger partial charge in [0.25, 0.3) is 5.91 Å². The molecule has 0 aliphatic carbocycles. The number of ether oxygens (including phenoxy) is 1. The van der Waals surface area contributed by atoms with Gasteiger partial charge in [0.2, 0.25) is 5.13 Å². The van der Waals surface area contributed by atoms with Crippen molar-refractivity contribution in [2.24, 2.45) is 5.10 Å². The van der Waals surface area contributed by atoms with Crippen LogP contribution >= 0.6 is 23.1 Å². The van der Waals surface area contributed by atoms with Gasteiger partial charge in [0.05, 0.1) is 30.3 Å². The topological polar surface area (TPSA) is 79.7 Å². The number of methoxy groups -OCH3 is 1. The largest absolute Gasteiger partial charge is 0.497 e. The van der Waals surface area contributed by atoms with Crippen LogP contribution in [0.15, 0.2) is 100 Å². The molecule has 1 N–H and O–H groups in total. The minimum absolute atomic E-state index is 0.134. The predicted molar refractivity (Wildman–Crippen MR) is 158 cm³/mol. The van der Waals surface area contributed by atoms with E-state index in [4.69, 9.17) is 9.84 Å². The molecule has 0 saturated carbocycles. The molecule has 0 unspecified atom stereocenters. The third kappa shape index (κ3) is 5.54. The van der Waals surface area contributed by atoms with Crippen molar-refractivity contribution in [2.45, 2.75) is 16.8 Å². The molecule has 0 radical (unpaired) electrons. The van der Waals surface area contributed by atoms with Gasteiger partial charge in [0.1, 0.15) is 11.6 Å². The second-order valence-electron chi connectivity index (χ2n) is 9.11. The molecule has 1 aliphatic heterocycles. The number of halogens is 1. The Balaban J connectivity index is 1.21. The zero-order valence-corrected chi connectivity index (χ0v) is 23.1. The van der Waals surface area contributed by atoms with Crippen molar-refractivity contribution < 1.29 is 13.9 Å². The van der Waals surface area contributed by atoms with E-state index >= 15 is 0 Å². The molecule has 4 aromatic carbocycles. The van der Waals surface area contributed by atoms with Crippen LogP contribution in [0, 0.1) is 5.82 Å². The third-order valence-corrected chi connectivity index (χ3v) is 8.55. The van der Waals surface area contributed by atoms with Crippen molar-refractivity contribution in [3.8, 4) is 5.75 Å². The monoisotopic (exact) mass is 569 g/mol. The fourth-order valence-corrected chi connectivity index (χ4v) is 6.17. The lowest BCUT2D eigenvalue weighted by Gasteiger charge is -2.22. The maximum absolute atomic E-state index is 14.0. The van der Waals surface area contributed by atoms with E-state index < -0.39 is 0 Å². The number of thioether (sulfide) groups is 1. The van der Waals surface area contributed by atoms with Gasteiger partial charge in [-0.1, -0.05) is 83.8 Å². The lowest BCUT2D eigenvalue weighted by atomic mass is 9.97. The standard InChI is InChI=1S/C30H24FN5O2S2/c1-38-23-14-12-20(13-15-23)27-17-26(22-11-10-19-6-2-3-7-21(19)16-22)35-36(27)28(37)18-39-30-34-33-29(40-30)32-25-9-5-4-8-24(25)31/h2-16,27H,17-18H2,1H3,(H,32,33)/t27-/m0/s1. The summed E-state index contributed by atoms with van der Waals surface area (Å²) >= 11 is 2.55. The van der Waals surface area contributed by atoms with Gasteiger partial charge < -0.3 is 10.1 Å². The summed E-state index contributed by atoms with van der Waals surface area (Å²) < 4.78 is 19.9. The quantitative estimate of drug-likeness (QED) is 0.202. The molecular weight excluding hydrogens is 545 g/mol. The number of carbonyl (C=O) groups is 1. The number of hydrogen-bond acceptors (Lipinski definition) is 8. The molecule has 1 aliphatic rings. The lowest BCUT2D eigenvalue weighted by Crippen LogP contribution is -2.28. The fourth-order valence-electron chi connectivity index (χ4n) is 4.56. The van der Waals surface area contributed by atoms with Crippen LogP contribution in [0.4, 0.5) is 15.2 Å². The van der Waals surface area contributed by atoms with Crippen molar-refractivity contribution in [1.29, 1.82) is 0 Å². The highest BCUT2D eigenvalue weighted by molar-refractivity contribution is 8.01. The highest BCUT2D eigenvalue weighted by Crippen LogP contribution is 2.36. The van der Waals surface area contributed by atoms with Gasteiger partial charge >= 0.3 is 0 Å². The molecule has 1 aromatic heterocycles. The number of para-hydroxylation sites is 1. The van der Waals surface area contributed by atoms with E-state index in [9.17, 15) is 9.18 Å². The first kappa shape index (κ1) is 26.0. The number of rotatable bonds is 8. The first-order chi connectivity index (χ1) is 19.6. The smallest absolute Gasteiger partial charge is 0.253 e. The van der Waals surface area contributed by atoms with Crippen molar-refractivity contribution in [3.63, 3.8) is 0 Å². The molecule has 0 spiro atoms. The summed E-state index contributed by atoms with van der Waals surface area (Å²) in [6.07, 6.45) is 0.594. The fraction of sp³-hybridized carbons (Fsp3) is 0.133. The van der Waals surface area contributed by atoms with Crippen LogP contribution in [0.3, 0.4) is 0 Å². The highest BCUT2D eigenvalue weighted by Gasteiger charge is 2.33. The van der Waals surface area contributed by atoms with Gasteiger partial charge in [-0.05, 0) is 52.2 Å². The maximum Gasteiger partial charge on any atom is 0.253 e. The number of hydrazone groups is 1. The van der Waals surface area contributed by atoms with Gasteiger partial charge in [0, 0.05) is 6.42 Å². The molecule has 7 nitrogen and oxygen atoms in total. The lowest BCUT2D eigenvalue weighted by molar-refractivity contribution is -0.130. The number of hydrogen-bond donors (Lipinski definition) is 1. The number of anilines is 2. The molecule has 10 heteroatoms. The molecule has 40 heavy (non-hydrogen) atoms. The Morgan fingerprint density at radius 2 is 1.80 bits per heavy atom. The van der Waals surface area contributed by atoms with E-state index in [0.717, 1.165) is 33.4 Å². The number of benzene rings is 4. The van der Waals surface area contributed by atoms with Crippen LogP contribution < -0.4 is 10.1 Å². The minimum Gasteiger partial charge on any atom is -0.497 e. The van der Waals surface area contributed by atoms with Crippen LogP contribution in [-0.2, 0) is 4.79 Å². The Morgan fingerprint density at radius 3 is 2.60 bits per heavy atom. The Morgan fingerprint density at radius 1 is 1.02 bits per heavy atom. The van der Waals surface area contributed by atoms with Crippen LogP contribution in [0.5, 0.6) is 5.75 Å². The molecule has 200 valence electrons. The van der Waals surface area contributed by atoms with Crippen LogP contribution in [0.1, 0.15) is 23.6 Å². The Bertz CT molecular complexity index is 1710. The second-order valence-corrected chi connectivity index (χ2v) is 11.3. The van der Waals surface area contributed by atoms with Crippen molar-refractivity contribution in [2.75, 3.05) is 18.2 Å². The van der Waals surface area contributed by atoms with Gasteiger partial charge in [-0.3, -0.25) is 4.79 Å². The van der Waals surface area contributed by atoms with E-state index in [0.29, 0.717) is 21.6 Å². The first-order valence-corrected chi connectivity index (χ1v) is 14.4. The van der Waals surface area contributed by atoms with Gasteiger partial charge in [0.15, 0.2) is 4.34 Å². The van der Waals surface area contributed by atoms with Crippen LogP contribution in [0.25, 0.3) is 10.8 Å². The number of nitrogens with zero attached hydrogens (tertiary/aromatic N) is 4. The van der Waals surface area contributed by atoms with Gasteiger partial charge in [-0.25, -0.2) is 9.40 Å². The molecule has 0 saturated heterocycles. The first-order valence-electron chi connectivity index (χ1n) is 12.6. The number of amides is 1. The number of aromatic nitrogens is 2. The Labute approximate surface area is 238 Å². The molecule has 1 atom stereocenters. The summed E-state index contributed by atoms with van der Waals surface area (Å²) in [5.74, 6) is 0.373. The summed E-state index contributed by atoms with van der Waals surface area (Å²) in [4.78, 5) is 13.5. The minimum atomic E-state index is -0.374. The predicted octanol–water partition coefficient (Wildman–Crippen LogP) is 7.05. The zero-order chi connectivity index (χ0) is 27.5. The molecule has 1 amide bonds. The Hall–Kier alpha value is -4.28. The highest BCUT2D eigenvalue weighted by atomic mass is 32.2. The van der Waals surface area contributed by atoms with E-state index in [1.807, 2.05) is 36.4 Å². The summed E-state index contributed by atoms with van der Waals surface area (Å²) in [5.41, 5.74) is 3.15. The van der Waals surface area contributed by atoms with Gasteiger partial charge in [-0.15, -0.1) is 10.2 Å². The van der Waals surface area contributed by atoms with Crippen LogP contribution in [0.2, 0.25) is 0 Å². The van der Waals surface area contributed by atoms with E-state index in [1.54, 1.807) is 30.3 Å². The number of carbonyl (C=O) groups excluding carboxylic acids is 1. The molecule has 0 bridgehead atoms. The molecule has 2 heterocycles. The van der Waals surface area contributed by atoms with Crippen molar-refractivity contribution in [3.05, 3.63) is 108 Å². The molecule has 6 rings (SSSR count). The van der Waals surface area contributed by atoms with Crippen molar-refractivity contribution in [1.82, 2.24) is 15.2 Å². The number of fused-ring (bicyclic) bond motifs is 1. The molecule has 0 fully saturated rings. The second kappa shape index (κ2) is 11.4. The summed E-state index contributed by atoms with van der Waals surface area (Å²) in [6, 6.07) is 28.3. The average Bonchev–Trinajstić information content (AvgIpc) is 3.64. The molecule has 5 aromatic rings. The molecular formula is C30H24FN5O2S2. The van der Waals surface area contributed by atoms with E-state index in [-0.39, 0.29) is 23.5 Å². The maximum atomic E-state index is 14.0. The average molecular weight is 570 g/mol. The van der Waals surface area contributed by atoms with Crippen LogP contribution in [-0.4, -0.2) is 39.7 Å². The van der Waals surface area contributed by atoms with Crippen molar-refractivity contribution >= 4 is 56.3 Å². The SMILES string of the molecule is COc1ccc([C@@H]2CC(c3ccc4ccccc4c3)=NN2C(=O)CSc2nnc(Nc3ccccc3F)s2)cc1. The van der Waals surface area contributed by atoms with Gasteiger partial charge in [-0.2, -0.15) is 5.10 Å².